The third-order valence-electron chi connectivity index (χ3n) is 4.67. The Balaban J connectivity index is 2.15. The first-order valence-electron chi connectivity index (χ1n) is 8.62. The lowest BCUT2D eigenvalue weighted by molar-refractivity contribution is -0.130. The largest absolute Gasteiger partial charge is 0.346 e. The van der Waals surface area contributed by atoms with E-state index in [1.807, 2.05) is 36.6 Å². The van der Waals surface area contributed by atoms with Crippen LogP contribution in [0.25, 0.3) is 0 Å². The van der Waals surface area contributed by atoms with Crippen molar-refractivity contribution in [2.75, 3.05) is 26.2 Å². The van der Waals surface area contributed by atoms with Crippen LogP contribution < -0.4 is 0 Å². The monoisotopic (exact) mass is 319 g/mol. The predicted molar refractivity (Wildman–Crippen MR) is 91.7 cm³/mol. The molecular weight excluding hydrogens is 290 g/mol. The molecule has 1 aliphatic rings. The van der Waals surface area contributed by atoms with Crippen molar-refractivity contribution in [2.45, 2.75) is 53.5 Å². The third kappa shape index (κ3) is 3.59. The fourth-order valence-corrected chi connectivity index (χ4v) is 3.55. The molecular formula is C18H29N3O2. The summed E-state index contributed by atoms with van der Waals surface area (Å²) in [5.41, 5.74) is 2.96. The molecule has 1 fully saturated rings. The Bertz CT molecular complexity index is 589. The quantitative estimate of drug-likeness (QED) is 0.860. The average molecular weight is 319 g/mol. The highest BCUT2D eigenvalue weighted by Gasteiger charge is 2.25. The minimum Gasteiger partial charge on any atom is -0.346 e. The van der Waals surface area contributed by atoms with E-state index in [1.165, 1.54) is 0 Å². The summed E-state index contributed by atoms with van der Waals surface area (Å²) in [4.78, 5) is 28.6. The number of aromatic nitrogens is 1. The zero-order valence-electron chi connectivity index (χ0n) is 15.1. The van der Waals surface area contributed by atoms with Gasteiger partial charge < -0.3 is 14.4 Å². The Morgan fingerprint density at radius 3 is 2.26 bits per heavy atom. The van der Waals surface area contributed by atoms with E-state index >= 15 is 0 Å². The first-order valence-corrected chi connectivity index (χ1v) is 8.62. The second kappa shape index (κ2) is 7.20. The minimum atomic E-state index is 0.0933. The van der Waals surface area contributed by atoms with Gasteiger partial charge in [0.05, 0.1) is 5.56 Å². The SMILES string of the molecule is CCC(=O)N1CCCN(C(=O)c2cc(C)n(C(C)C)c2C)CC1. The molecule has 2 heterocycles. The van der Waals surface area contributed by atoms with Crippen LogP contribution in [0.15, 0.2) is 6.07 Å². The van der Waals surface area contributed by atoms with Crippen LogP contribution in [0.4, 0.5) is 0 Å². The van der Waals surface area contributed by atoms with Gasteiger partial charge in [-0.2, -0.15) is 0 Å². The first-order chi connectivity index (χ1) is 10.9. The highest BCUT2D eigenvalue weighted by atomic mass is 16.2. The smallest absolute Gasteiger partial charge is 0.255 e. The summed E-state index contributed by atoms with van der Waals surface area (Å²) in [7, 11) is 0. The summed E-state index contributed by atoms with van der Waals surface area (Å²) in [6.07, 6.45) is 1.38. The summed E-state index contributed by atoms with van der Waals surface area (Å²) < 4.78 is 2.21. The molecule has 0 radical (unpaired) electrons. The van der Waals surface area contributed by atoms with Crippen molar-refractivity contribution in [3.05, 3.63) is 23.0 Å². The maximum Gasteiger partial charge on any atom is 0.255 e. The molecule has 5 nitrogen and oxygen atoms in total. The Kier molecular flexibility index (Phi) is 5.50. The number of carbonyl (C=O) groups excluding carboxylic acids is 2. The van der Waals surface area contributed by atoms with Crippen molar-refractivity contribution in [3.63, 3.8) is 0 Å². The molecule has 0 bridgehead atoms. The molecule has 0 saturated carbocycles. The van der Waals surface area contributed by atoms with Gasteiger partial charge in [-0.1, -0.05) is 6.92 Å². The van der Waals surface area contributed by atoms with Crippen molar-refractivity contribution in [1.29, 1.82) is 0 Å². The normalized spacial score (nSPS) is 15.9. The molecule has 2 amide bonds. The maximum absolute atomic E-state index is 12.9. The molecule has 128 valence electrons. The van der Waals surface area contributed by atoms with Crippen molar-refractivity contribution in [1.82, 2.24) is 14.4 Å². The van der Waals surface area contributed by atoms with Crippen molar-refractivity contribution in [2.24, 2.45) is 0 Å². The van der Waals surface area contributed by atoms with Crippen LogP contribution >= 0.6 is 0 Å². The molecule has 0 atom stereocenters. The van der Waals surface area contributed by atoms with Crippen LogP contribution in [0.1, 0.15) is 61.4 Å². The predicted octanol–water partition coefficient (Wildman–Crippen LogP) is 2.77. The van der Waals surface area contributed by atoms with E-state index in [2.05, 4.69) is 18.4 Å². The second-order valence-electron chi connectivity index (χ2n) is 6.63. The van der Waals surface area contributed by atoms with Crippen molar-refractivity contribution in [3.8, 4) is 0 Å². The van der Waals surface area contributed by atoms with Crippen LogP contribution in [0.3, 0.4) is 0 Å². The van der Waals surface area contributed by atoms with E-state index < -0.39 is 0 Å². The fourth-order valence-electron chi connectivity index (χ4n) is 3.55. The maximum atomic E-state index is 12.9. The van der Waals surface area contributed by atoms with Gasteiger partial charge in [0.15, 0.2) is 0 Å². The number of nitrogens with zero attached hydrogens (tertiary/aromatic N) is 3. The van der Waals surface area contributed by atoms with Gasteiger partial charge in [0.25, 0.3) is 5.91 Å². The van der Waals surface area contributed by atoms with Gasteiger partial charge in [-0.05, 0) is 40.2 Å². The molecule has 1 aliphatic heterocycles. The van der Waals surface area contributed by atoms with E-state index in [-0.39, 0.29) is 11.8 Å². The van der Waals surface area contributed by atoms with E-state index in [1.54, 1.807) is 0 Å². The van der Waals surface area contributed by atoms with E-state index in [0.29, 0.717) is 25.6 Å². The van der Waals surface area contributed by atoms with Crippen LogP contribution in [0.2, 0.25) is 0 Å². The van der Waals surface area contributed by atoms with Crippen LogP contribution in [0.5, 0.6) is 0 Å². The van der Waals surface area contributed by atoms with Crippen molar-refractivity contribution < 1.29 is 9.59 Å². The molecule has 1 aromatic rings. The van der Waals surface area contributed by atoms with E-state index in [4.69, 9.17) is 0 Å². The van der Waals surface area contributed by atoms with Gasteiger partial charge in [-0.15, -0.1) is 0 Å². The highest BCUT2D eigenvalue weighted by molar-refractivity contribution is 5.95. The fraction of sp³-hybridized carbons (Fsp3) is 0.667. The Labute approximate surface area is 139 Å². The number of rotatable bonds is 3. The molecule has 0 aliphatic carbocycles. The number of hydrogen-bond donors (Lipinski definition) is 0. The number of hydrogen-bond acceptors (Lipinski definition) is 2. The molecule has 1 aromatic heterocycles. The highest BCUT2D eigenvalue weighted by Crippen LogP contribution is 2.22. The molecule has 0 N–H and O–H groups in total. The van der Waals surface area contributed by atoms with Gasteiger partial charge in [0.2, 0.25) is 5.91 Å². The summed E-state index contributed by atoms with van der Waals surface area (Å²) in [5.74, 6) is 0.271. The van der Waals surface area contributed by atoms with Crippen LogP contribution in [0, 0.1) is 13.8 Å². The zero-order valence-corrected chi connectivity index (χ0v) is 15.1. The molecule has 1 saturated heterocycles. The molecule has 0 spiro atoms. The molecule has 0 aromatic carbocycles. The molecule has 23 heavy (non-hydrogen) atoms. The topological polar surface area (TPSA) is 45.6 Å². The summed E-state index contributed by atoms with van der Waals surface area (Å²) in [6.45, 7) is 13.0. The van der Waals surface area contributed by atoms with Crippen LogP contribution in [-0.4, -0.2) is 52.4 Å². The standard InChI is InChI=1S/C18H29N3O2/c1-6-17(22)19-8-7-9-20(11-10-19)18(23)16-12-14(4)21(13(2)3)15(16)5/h12-13H,6-11H2,1-5H3. The second-order valence-corrected chi connectivity index (χ2v) is 6.63. The van der Waals surface area contributed by atoms with Gasteiger partial charge in [0.1, 0.15) is 0 Å². The summed E-state index contributed by atoms with van der Waals surface area (Å²) >= 11 is 0. The lowest BCUT2D eigenvalue weighted by Crippen LogP contribution is -2.37. The lowest BCUT2D eigenvalue weighted by Gasteiger charge is -2.22. The van der Waals surface area contributed by atoms with Gasteiger partial charge in [-0.3, -0.25) is 9.59 Å². The molecule has 5 heteroatoms. The minimum absolute atomic E-state index is 0.0933. The number of amides is 2. The van der Waals surface area contributed by atoms with E-state index in [0.717, 1.165) is 36.5 Å². The van der Waals surface area contributed by atoms with Crippen molar-refractivity contribution >= 4 is 11.8 Å². The molecule has 2 rings (SSSR count). The zero-order chi connectivity index (χ0) is 17.1. The van der Waals surface area contributed by atoms with Gasteiger partial charge >= 0.3 is 0 Å². The number of aryl methyl sites for hydroxylation is 1. The number of carbonyl (C=O) groups is 2. The molecule has 0 unspecified atom stereocenters. The lowest BCUT2D eigenvalue weighted by atomic mass is 10.2. The third-order valence-corrected chi connectivity index (χ3v) is 4.67. The van der Waals surface area contributed by atoms with Crippen LogP contribution in [-0.2, 0) is 4.79 Å². The first kappa shape index (κ1) is 17.6. The average Bonchev–Trinajstić information content (AvgIpc) is 2.69. The Morgan fingerprint density at radius 2 is 1.70 bits per heavy atom. The van der Waals surface area contributed by atoms with Gasteiger partial charge in [0, 0.05) is 50.0 Å². The van der Waals surface area contributed by atoms with E-state index in [9.17, 15) is 9.59 Å². The summed E-state index contributed by atoms with van der Waals surface area (Å²) in [6, 6.07) is 2.34. The van der Waals surface area contributed by atoms with Gasteiger partial charge in [-0.25, -0.2) is 0 Å². The Hall–Kier alpha value is -1.78. The Morgan fingerprint density at radius 1 is 1.09 bits per heavy atom. The summed E-state index contributed by atoms with van der Waals surface area (Å²) in [5, 5.41) is 0.